The summed E-state index contributed by atoms with van der Waals surface area (Å²) in [5.41, 5.74) is 2.42. The van der Waals surface area contributed by atoms with Crippen molar-refractivity contribution < 1.29 is 4.39 Å². The molecule has 3 heteroatoms. The van der Waals surface area contributed by atoms with Gasteiger partial charge in [-0.05, 0) is 50.4 Å². The Hall–Kier alpha value is -0.860. The van der Waals surface area contributed by atoms with E-state index in [0.717, 1.165) is 18.4 Å². The molecule has 17 heavy (non-hydrogen) atoms. The third kappa shape index (κ3) is 2.88. The van der Waals surface area contributed by atoms with Crippen LogP contribution in [0.1, 0.15) is 37.3 Å². The van der Waals surface area contributed by atoms with E-state index in [1.54, 1.807) is 12.1 Å². The maximum atomic E-state index is 13.1. The Bertz CT molecular complexity index is 428. The van der Waals surface area contributed by atoms with Crippen LogP contribution in [0.2, 0.25) is 5.02 Å². The van der Waals surface area contributed by atoms with E-state index in [-0.39, 0.29) is 16.9 Å². The van der Waals surface area contributed by atoms with Crippen LogP contribution in [0.4, 0.5) is 4.39 Å². The molecule has 0 saturated heterocycles. The first-order valence-electron chi connectivity index (χ1n) is 6.03. The molecule has 92 valence electrons. The number of hydrogen-bond donors (Lipinski definition) is 1. The molecule has 1 aromatic rings. The number of benzene rings is 1. The number of hydrogen-bond acceptors (Lipinski definition) is 1. The molecule has 0 spiro atoms. The van der Waals surface area contributed by atoms with Gasteiger partial charge in [-0.3, -0.25) is 0 Å². The summed E-state index contributed by atoms with van der Waals surface area (Å²) in [6.45, 7) is 0. The van der Waals surface area contributed by atoms with Crippen molar-refractivity contribution in [3.05, 3.63) is 46.3 Å². The number of likely N-dealkylation sites (N-methyl/N-ethyl adjacent to an activating group) is 1. The second kappa shape index (κ2) is 5.65. The topological polar surface area (TPSA) is 12.0 Å². The maximum Gasteiger partial charge on any atom is 0.141 e. The summed E-state index contributed by atoms with van der Waals surface area (Å²) in [5, 5.41) is 3.48. The lowest BCUT2D eigenvalue weighted by Gasteiger charge is -2.23. The van der Waals surface area contributed by atoms with Crippen molar-refractivity contribution in [2.75, 3.05) is 7.05 Å². The third-order valence-corrected chi connectivity index (χ3v) is 3.55. The number of rotatable bonds is 3. The Morgan fingerprint density at radius 1 is 1.35 bits per heavy atom. The van der Waals surface area contributed by atoms with Gasteiger partial charge in [0.05, 0.1) is 11.1 Å². The van der Waals surface area contributed by atoms with Crippen LogP contribution in [0.25, 0.3) is 0 Å². The van der Waals surface area contributed by atoms with Crippen molar-refractivity contribution in [3.63, 3.8) is 0 Å². The summed E-state index contributed by atoms with van der Waals surface area (Å²) in [7, 11) is 1.93. The van der Waals surface area contributed by atoms with Crippen molar-refractivity contribution in [2.45, 2.75) is 31.7 Å². The number of allylic oxidation sites excluding steroid dienone is 1. The SMILES string of the molecule is CNC(C1=CCCCC1)c1ccc(F)c(Cl)c1. The van der Waals surface area contributed by atoms with Crippen molar-refractivity contribution in [1.82, 2.24) is 5.32 Å². The molecule has 0 saturated carbocycles. The highest BCUT2D eigenvalue weighted by Crippen LogP contribution is 2.31. The van der Waals surface area contributed by atoms with E-state index in [9.17, 15) is 4.39 Å². The van der Waals surface area contributed by atoms with Crippen LogP contribution in [0.3, 0.4) is 0 Å². The van der Waals surface area contributed by atoms with Gasteiger partial charge in [0.1, 0.15) is 5.82 Å². The van der Waals surface area contributed by atoms with Gasteiger partial charge in [-0.2, -0.15) is 0 Å². The fourth-order valence-corrected chi connectivity index (χ4v) is 2.57. The Morgan fingerprint density at radius 3 is 2.76 bits per heavy atom. The summed E-state index contributed by atoms with van der Waals surface area (Å²) in [5.74, 6) is -0.358. The molecule has 1 atom stereocenters. The lowest BCUT2D eigenvalue weighted by Crippen LogP contribution is -2.19. The molecule has 1 unspecified atom stereocenters. The number of nitrogens with one attached hydrogen (secondary N) is 1. The first-order chi connectivity index (χ1) is 8.22. The van der Waals surface area contributed by atoms with Gasteiger partial charge in [0.25, 0.3) is 0 Å². The van der Waals surface area contributed by atoms with Crippen molar-refractivity contribution in [3.8, 4) is 0 Å². The van der Waals surface area contributed by atoms with Crippen molar-refractivity contribution >= 4 is 11.6 Å². The molecule has 1 aromatic carbocycles. The molecule has 1 nitrogen and oxygen atoms in total. The third-order valence-electron chi connectivity index (χ3n) is 3.26. The Morgan fingerprint density at radius 2 is 2.18 bits per heavy atom. The van der Waals surface area contributed by atoms with Gasteiger partial charge in [-0.15, -0.1) is 0 Å². The Balaban J connectivity index is 2.28. The van der Waals surface area contributed by atoms with E-state index in [4.69, 9.17) is 11.6 Å². The van der Waals surface area contributed by atoms with Crippen LogP contribution in [0.5, 0.6) is 0 Å². The normalized spacial score (nSPS) is 17.7. The molecule has 1 aliphatic rings. The summed E-state index contributed by atoms with van der Waals surface area (Å²) >= 11 is 5.83. The summed E-state index contributed by atoms with van der Waals surface area (Å²) < 4.78 is 13.1. The van der Waals surface area contributed by atoms with Gasteiger partial charge in [-0.1, -0.05) is 29.3 Å². The van der Waals surface area contributed by atoms with E-state index in [1.807, 2.05) is 7.05 Å². The monoisotopic (exact) mass is 253 g/mol. The first-order valence-corrected chi connectivity index (χ1v) is 6.41. The predicted octanol–water partition coefficient (Wildman–Crippen LogP) is 4.24. The van der Waals surface area contributed by atoms with E-state index in [1.165, 1.54) is 24.5 Å². The fraction of sp³-hybridized carbons (Fsp3) is 0.429. The van der Waals surface area contributed by atoms with E-state index in [0.29, 0.717) is 0 Å². The largest absolute Gasteiger partial charge is 0.310 e. The average molecular weight is 254 g/mol. The Labute approximate surface area is 107 Å². The highest BCUT2D eigenvalue weighted by atomic mass is 35.5. The van der Waals surface area contributed by atoms with E-state index in [2.05, 4.69) is 11.4 Å². The molecule has 0 radical (unpaired) electrons. The van der Waals surface area contributed by atoms with E-state index >= 15 is 0 Å². The standard InChI is InChI=1S/C14H17ClFN/c1-17-14(10-5-3-2-4-6-10)11-7-8-13(16)12(15)9-11/h5,7-9,14,17H,2-4,6H2,1H3. The van der Waals surface area contributed by atoms with Crippen LogP contribution < -0.4 is 5.32 Å². The molecule has 0 aromatic heterocycles. The zero-order valence-electron chi connectivity index (χ0n) is 9.97. The average Bonchev–Trinajstić information content (AvgIpc) is 2.36. The molecule has 0 aliphatic heterocycles. The zero-order valence-corrected chi connectivity index (χ0v) is 10.7. The minimum Gasteiger partial charge on any atom is -0.310 e. The minimum absolute atomic E-state index is 0.161. The molecular formula is C14H17ClFN. The van der Waals surface area contributed by atoms with Gasteiger partial charge >= 0.3 is 0 Å². The van der Waals surface area contributed by atoms with Gasteiger partial charge in [0.15, 0.2) is 0 Å². The van der Waals surface area contributed by atoms with Gasteiger partial charge in [0.2, 0.25) is 0 Å². The highest BCUT2D eigenvalue weighted by molar-refractivity contribution is 6.30. The van der Waals surface area contributed by atoms with Crippen molar-refractivity contribution in [1.29, 1.82) is 0 Å². The summed E-state index contributed by atoms with van der Waals surface area (Å²) in [4.78, 5) is 0. The molecule has 0 amide bonds. The quantitative estimate of drug-likeness (QED) is 0.795. The predicted molar refractivity (Wildman–Crippen MR) is 69.8 cm³/mol. The van der Waals surface area contributed by atoms with Gasteiger partial charge in [0, 0.05) is 0 Å². The first kappa shape index (κ1) is 12.6. The van der Waals surface area contributed by atoms with Crippen LogP contribution >= 0.6 is 11.6 Å². The fourth-order valence-electron chi connectivity index (χ4n) is 2.38. The zero-order chi connectivity index (χ0) is 12.3. The molecule has 1 aliphatic carbocycles. The maximum absolute atomic E-state index is 13.1. The Kier molecular flexibility index (Phi) is 4.19. The highest BCUT2D eigenvalue weighted by Gasteiger charge is 2.17. The van der Waals surface area contributed by atoms with E-state index < -0.39 is 0 Å². The van der Waals surface area contributed by atoms with Crippen LogP contribution in [0.15, 0.2) is 29.8 Å². The molecule has 0 heterocycles. The molecule has 2 rings (SSSR count). The smallest absolute Gasteiger partial charge is 0.141 e. The molecule has 0 fully saturated rings. The summed E-state index contributed by atoms with van der Waals surface area (Å²) in [6.07, 6.45) is 7.05. The molecular weight excluding hydrogens is 237 g/mol. The number of halogens is 2. The summed E-state index contributed by atoms with van der Waals surface area (Å²) in [6, 6.07) is 5.12. The van der Waals surface area contributed by atoms with Gasteiger partial charge < -0.3 is 5.32 Å². The van der Waals surface area contributed by atoms with Crippen LogP contribution in [-0.4, -0.2) is 7.05 Å². The van der Waals surface area contributed by atoms with Crippen LogP contribution in [0, 0.1) is 5.82 Å². The van der Waals surface area contributed by atoms with Crippen molar-refractivity contribution in [2.24, 2.45) is 0 Å². The van der Waals surface area contributed by atoms with Gasteiger partial charge in [-0.25, -0.2) is 4.39 Å². The minimum atomic E-state index is -0.358. The van der Waals surface area contributed by atoms with Crippen LogP contribution in [-0.2, 0) is 0 Å². The lowest BCUT2D eigenvalue weighted by molar-refractivity contribution is 0.589. The second-order valence-corrected chi connectivity index (χ2v) is 4.83. The molecule has 0 bridgehead atoms. The molecule has 1 N–H and O–H groups in total. The lowest BCUT2D eigenvalue weighted by atomic mass is 9.90. The second-order valence-electron chi connectivity index (χ2n) is 4.42.